The Morgan fingerprint density at radius 3 is 2.53 bits per heavy atom. The van der Waals surface area contributed by atoms with Gasteiger partial charge in [0.1, 0.15) is 11.4 Å². The van der Waals surface area contributed by atoms with E-state index in [1.807, 2.05) is 26.8 Å². The van der Waals surface area contributed by atoms with Gasteiger partial charge in [-0.1, -0.05) is 6.07 Å². The molecule has 0 heterocycles. The van der Waals surface area contributed by atoms with Crippen LogP contribution >= 0.6 is 0 Å². The molecule has 0 saturated carbocycles. The summed E-state index contributed by atoms with van der Waals surface area (Å²) in [6.07, 6.45) is 1.63. The van der Waals surface area contributed by atoms with Crippen molar-refractivity contribution in [2.45, 2.75) is 45.6 Å². The summed E-state index contributed by atoms with van der Waals surface area (Å²) in [6.45, 7) is 6.07. The SMILES string of the molecule is CC(C)(C)OC(=O)CCc1ccc(O)cc1CCN. The van der Waals surface area contributed by atoms with Crippen molar-refractivity contribution in [2.24, 2.45) is 5.73 Å². The van der Waals surface area contributed by atoms with Crippen molar-refractivity contribution in [1.82, 2.24) is 0 Å². The number of phenols is 1. The second-order valence-electron chi connectivity index (χ2n) is 5.58. The van der Waals surface area contributed by atoms with Gasteiger partial charge in [-0.2, -0.15) is 0 Å². The number of aromatic hydroxyl groups is 1. The maximum atomic E-state index is 11.7. The molecule has 0 bridgehead atoms. The molecular formula is C15H23NO3. The van der Waals surface area contributed by atoms with E-state index in [0.29, 0.717) is 25.8 Å². The highest BCUT2D eigenvalue weighted by atomic mass is 16.6. The monoisotopic (exact) mass is 265 g/mol. The molecule has 0 aliphatic carbocycles. The molecule has 0 amide bonds. The molecule has 0 aliphatic heterocycles. The fraction of sp³-hybridized carbons (Fsp3) is 0.533. The number of nitrogens with two attached hydrogens (primary N) is 1. The van der Waals surface area contributed by atoms with Crippen molar-refractivity contribution >= 4 is 5.97 Å². The van der Waals surface area contributed by atoms with Crippen molar-refractivity contribution in [2.75, 3.05) is 6.54 Å². The topological polar surface area (TPSA) is 72.5 Å². The Morgan fingerprint density at radius 2 is 1.95 bits per heavy atom. The maximum Gasteiger partial charge on any atom is 0.306 e. The van der Waals surface area contributed by atoms with Crippen molar-refractivity contribution in [3.05, 3.63) is 29.3 Å². The standard InChI is InChI=1S/C15H23NO3/c1-15(2,3)19-14(18)7-5-11-4-6-13(17)10-12(11)8-9-16/h4,6,10,17H,5,7-9,16H2,1-3H3. The third-order valence-electron chi connectivity index (χ3n) is 2.62. The van der Waals surface area contributed by atoms with Crippen LogP contribution < -0.4 is 5.73 Å². The first-order valence-electron chi connectivity index (χ1n) is 6.54. The summed E-state index contributed by atoms with van der Waals surface area (Å²) in [4.78, 5) is 11.7. The number of ether oxygens (including phenoxy) is 1. The minimum absolute atomic E-state index is 0.209. The Labute approximate surface area is 114 Å². The van der Waals surface area contributed by atoms with Gasteiger partial charge in [0.15, 0.2) is 0 Å². The Kier molecular flexibility index (Phi) is 5.36. The molecule has 0 aliphatic rings. The second-order valence-corrected chi connectivity index (χ2v) is 5.58. The zero-order chi connectivity index (χ0) is 14.5. The molecular weight excluding hydrogens is 242 g/mol. The van der Waals surface area contributed by atoms with E-state index in [1.54, 1.807) is 12.1 Å². The van der Waals surface area contributed by atoms with Gasteiger partial charge in [0, 0.05) is 6.42 Å². The van der Waals surface area contributed by atoms with Gasteiger partial charge in [-0.05, 0) is 63.4 Å². The minimum Gasteiger partial charge on any atom is -0.508 e. The van der Waals surface area contributed by atoms with Crippen molar-refractivity contribution in [3.8, 4) is 5.75 Å². The fourth-order valence-corrected chi connectivity index (χ4v) is 1.87. The van der Waals surface area contributed by atoms with Crippen LogP contribution in [-0.2, 0) is 22.4 Å². The van der Waals surface area contributed by atoms with E-state index in [1.165, 1.54) is 0 Å². The number of carbonyl (C=O) groups excluding carboxylic acids is 1. The summed E-state index contributed by atoms with van der Waals surface area (Å²) in [5.41, 5.74) is 7.12. The predicted molar refractivity (Wildman–Crippen MR) is 75.0 cm³/mol. The van der Waals surface area contributed by atoms with Crippen LogP contribution in [0.2, 0.25) is 0 Å². The highest BCUT2D eigenvalue weighted by Crippen LogP contribution is 2.19. The van der Waals surface area contributed by atoms with Gasteiger partial charge in [0.2, 0.25) is 0 Å². The van der Waals surface area contributed by atoms with E-state index < -0.39 is 5.60 Å². The Bertz CT molecular complexity index is 436. The largest absolute Gasteiger partial charge is 0.508 e. The average molecular weight is 265 g/mol. The normalized spacial score (nSPS) is 11.4. The highest BCUT2D eigenvalue weighted by molar-refractivity contribution is 5.70. The number of phenolic OH excluding ortho intramolecular Hbond substituents is 1. The zero-order valence-electron chi connectivity index (χ0n) is 11.9. The van der Waals surface area contributed by atoms with Gasteiger partial charge in [0.25, 0.3) is 0 Å². The molecule has 1 rings (SSSR count). The smallest absolute Gasteiger partial charge is 0.306 e. The quantitative estimate of drug-likeness (QED) is 0.800. The molecule has 0 saturated heterocycles. The molecule has 4 nitrogen and oxygen atoms in total. The molecule has 0 radical (unpaired) electrons. The first-order chi connectivity index (χ1) is 8.81. The lowest BCUT2D eigenvalue weighted by Crippen LogP contribution is -2.24. The fourth-order valence-electron chi connectivity index (χ4n) is 1.87. The molecule has 0 fully saturated rings. The number of hydrogen-bond acceptors (Lipinski definition) is 4. The third kappa shape index (κ3) is 5.75. The number of aryl methyl sites for hydroxylation is 1. The van der Waals surface area contributed by atoms with Crippen molar-refractivity contribution in [1.29, 1.82) is 0 Å². The summed E-state index contributed by atoms with van der Waals surface area (Å²) >= 11 is 0. The summed E-state index contributed by atoms with van der Waals surface area (Å²) in [6, 6.07) is 5.17. The van der Waals surface area contributed by atoms with Crippen LogP contribution in [0, 0.1) is 0 Å². The molecule has 4 heteroatoms. The van der Waals surface area contributed by atoms with E-state index in [4.69, 9.17) is 10.5 Å². The first-order valence-corrected chi connectivity index (χ1v) is 6.54. The van der Waals surface area contributed by atoms with Crippen molar-refractivity contribution < 1.29 is 14.6 Å². The number of hydrogen-bond donors (Lipinski definition) is 2. The van der Waals surface area contributed by atoms with E-state index in [0.717, 1.165) is 11.1 Å². The molecule has 1 aromatic rings. The zero-order valence-corrected chi connectivity index (χ0v) is 11.9. The van der Waals surface area contributed by atoms with Gasteiger partial charge < -0.3 is 15.6 Å². The number of rotatable bonds is 5. The average Bonchev–Trinajstić information content (AvgIpc) is 2.26. The number of carbonyl (C=O) groups is 1. The Morgan fingerprint density at radius 1 is 1.26 bits per heavy atom. The van der Waals surface area contributed by atoms with Crippen LogP contribution in [0.5, 0.6) is 5.75 Å². The van der Waals surface area contributed by atoms with Crippen LogP contribution in [0.4, 0.5) is 0 Å². The highest BCUT2D eigenvalue weighted by Gasteiger charge is 2.16. The van der Waals surface area contributed by atoms with Crippen LogP contribution in [0.1, 0.15) is 38.3 Å². The number of benzene rings is 1. The molecule has 0 aromatic heterocycles. The molecule has 3 N–H and O–H groups in total. The predicted octanol–water partition coefficient (Wildman–Crippen LogP) is 2.17. The summed E-state index contributed by atoms with van der Waals surface area (Å²) in [7, 11) is 0. The van der Waals surface area contributed by atoms with Gasteiger partial charge >= 0.3 is 5.97 Å². The molecule has 0 spiro atoms. The third-order valence-corrected chi connectivity index (χ3v) is 2.62. The second kappa shape index (κ2) is 6.57. The van der Waals surface area contributed by atoms with Crippen LogP contribution in [-0.4, -0.2) is 23.2 Å². The van der Waals surface area contributed by atoms with E-state index in [2.05, 4.69) is 0 Å². The van der Waals surface area contributed by atoms with Gasteiger partial charge in [-0.3, -0.25) is 4.79 Å². The molecule has 106 valence electrons. The maximum absolute atomic E-state index is 11.7. The van der Waals surface area contributed by atoms with Crippen LogP contribution in [0.25, 0.3) is 0 Å². The van der Waals surface area contributed by atoms with Gasteiger partial charge in [-0.25, -0.2) is 0 Å². The lowest BCUT2D eigenvalue weighted by Gasteiger charge is -2.19. The lowest BCUT2D eigenvalue weighted by atomic mass is 10.00. The van der Waals surface area contributed by atoms with Gasteiger partial charge in [0.05, 0.1) is 0 Å². The van der Waals surface area contributed by atoms with E-state index in [9.17, 15) is 9.90 Å². The molecule has 1 aromatic carbocycles. The van der Waals surface area contributed by atoms with Gasteiger partial charge in [-0.15, -0.1) is 0 Å². The molecule has 0 unspecified atom stereocenters. The lowest BCUT2D eigenvalue weighted by molar-refractivity contribution is -0.154. The summed E-state index contributed by atoms with van der Waals surface area (Å²) in [5.74, 6) is 0.0174. The van der Waals surface area contributed by atoms with E-state index in [-0.39, 0.29) is 11.7 Å². The van der Waals surface area contributed by atoms with Crippen LogP contribution in [0.3, 0.4) is 0 Å². The minimum atomic E-state index is -0.452. The Hall–Kier alpha value is -1.55. The Balaban J connectivity index is 2.64. The van der Waals surface area contributed by atoms with Crippen molar-refractivity contribution in [3.63, 3.8) is 0 Å². The number of esters is 1. The summed E-state index contributed by atoms with van der Waals surface area (Å²) < 4.78 is 5.27. The summed E-state index contributed by atoms with van der Waals surface area (Å²) in [5, 5.41) is 9.46. The molecule has 19 heavy (non-hydrogen) atoms. The van der Waals surface area contributed by atoms with E-state index >= 15 is 0 Å². The molecule has 0 atom stereocenters. The van der Waals surface area contributed by atoms with Crippen LogP contribution in [0.15, 0.2) is 18.2 Å². The first kappa shape index (κ1) is 15.5.